The number of aliphatic carboxylic acids is 1. The number of carbonyl (C=O) groups is 1. The van der Waals surface area contributed by atoms with Crippen LogP contribution in [0.15, 0.2) is 24.3 Å². The molecule has 1 N–H and O–H groups in total. The Morgan fingerprint density at radius 1 is 0.442 bits per heavy atom. The van der Waals surface area contributed by atoms with Gasteiger partial charge in [0, 0.05) is 19.6 Å². The van der Waals surface area contributed by atoms with E-state index in [9.17, 15) is 4.79 Å². The zero-order valence-corrected chi connectivity index (χ0v) is 35.3. The van der Waals surface area contributed by atoms with Crippen molar-refractivity contribution in [3.63, 3.8) is 0 Å². The second-order valence-electron chi connectivity index (χ2n) is 15.9. The predicted molar refractivity (Wildman–Crippen MR) is 229 cm³/mol. The normalized spacial score (nSPS) is 12.5. The van der Waals surface area contributed by atoms with E-state index in [1.54, 1.807) is 0 Å². The zero-order valence-electron chi connectivity index (χ0n) is 35.3. The molecular weight excluding hydrogens is 641 g/mol. The molecule has 0 aromatic carbocycles. The SMILES string of the molecule is CCCCCCCC/C=C\CCCCCCCCOCC(CCCCCCCCCC(=O)O)OCCCCCCCC/C=C\CCCCCCCC. The Morgan fingerprint density at radius 3 is 1.21 bits per heavy atom. The third-order valence-corrected chi connectivity index (χ3v) is 10.5. The fourth-order valence-corrected chi connectivity index (χ4v) is 7.01. The highest BCUT2D eigenvalue weighted by Crippen LogP contribution is 2.15. The molecule has 0 amide bonds. The van der Waals surface area contributed by atoms with Crippen LogP contribution in [0.1, 0.15) is 251 Å². The molecule has 0 fully saturated rings. The molecule has 0 aliphatic rings. The van der Waals surface area contributed by atoms with E-state index in [0.29, 0.717) is 6.42 Å². The number of hydrogen-bond acceptors (Lipinski definition) is 3. The van der Waals surface area contributed by atoms with Gasteiger partial charge >= 0.3 is 5.97 Å². The van der Waals surface area contributed by atoms with E-state index in [-0.39, 0.29) is 6.10 Å². The molecule has 0 saturated heterocycles. The van der Waals surface area contributed by atoms with Crippen molar-refractivity contribution in [2.45, 2.75) is 258 Å². The average molecular weight is 733 g/mol. The summed E-state index contributed by atoms with van der Waals surface area (Å²) in [6.45, 7) is 7.05. The summed E-state index contributed by atoms with van der Waals surface area (Å²) in [5.41, 5.74) is 0. The van der Waals surface area contributed by atoms with Gasteiger partial charge in [0.25, 0.3) is 0 Å². The fourth-order valence-electron chi connectivity index (χ4n) is 7.01. The summed E-state index contributed by atoms with van der Waals surface area (Å²) in [4.78, 5) is 10.7. The van der Waals surface area contributed by atoms with Crippen LogP contribution < -0.4 is 0 Å². The second kappa shape index (κ2) is 46.0. The van der Waals surface area contributed by atoms with Crippen molar-refractivity contribution in [2.24, 2.45) is 0 Å². The van der Waals surface area contributed by atoms with Gasteiger partial charge in [-0.1, -0.05) is 192 Å². The van der Waals surface area contributed by atoms with E-state index < -0.39 is 5.97 Å². The standard InChI is InChI=1S/C48H92O4/c1-3-5-7-9-11-13-15-17-19-21-23-25-27-32-36-40-44-51-46-47(42-38-34-30-29-31-35-39-43-48(49)50)52-45-41-37-33-28-26-24-22-20-18-16-14-12-10-8-6-4-2/h17-20,47H,3-16,21-46H2,1-2H3,(H,49,50)/b19-17-,20-18-. The van der Waals surface area contributed by atoms with Crippen LogP contribution in [-0.4, -0.2) is 37.0 Å². The van der Waals surface area contributed by atoms with Crippen molar-refractivity contribution in [3.05, 3.63) is 24.3 Å². The van der Waals surface area contributed by atoms with Crippen molar-refractivity contribution >= 4 is 5.97 Å². The molecule has 0 aromatic heterocycles. The van der Waals surface area contributed by atoms with Gasteiger partial charge in [-0.25, -0.2) is 0 Å². The van der Waals surface area contributed by atoms with Crippen molar-refractivity contribution in [2.75, 3.05) is 19.8 Å². The fraction of sp³-hybridized carbons (Fsp3) is 0.896. The lowest BCUT2D eigenvalue weighted by Gasteiger charge is -2.18. The van der Waals surface area contributed by atoms with Crippen LogP contribution in [0.3, 0.4) is 0 Å². The van der Waals surface area contributed by atoms with E-state index in [1.165, 1.54) is 205 Å². The lowest BCUT2D eigenvalue weighted by Crippen LogP contribution is -2.21. The summed E-state index contributed by atoms with van der Waals surface area (Å²) in [5.74, 6) is -0.668. The minimum absolute atomic E-state index is 0.229. The van der Waals surface area contributed by atoms with Crippen LogP contribution >= 0.6 is 0 Å². The first-order chi connectivity index (χ1) is 25.7. The monoisotopic (exact) mass is 733 g/mol. The summed E-state index contributed by atoms with van der Waals surface area (Å²) >= 11 is 0. The molecule has 4 heteroatoms. The number of ether oxygens (including phenoxy) is 2. The molecule has 0 saturated carbocycles. The van der Waals surface area contributed by atoms with E-state index in [1.807, 2.05) is 0 Å². The highest BCUT2D eigenvalue weighted by molar-refractivity contribution is 5.66. The Hall–Kier alpha value is -1.13. The van der Waals surface area contributed by atoms with Crippen molar-refractivity contribution in [3.8, 4) is 0 Å². The van der Waals surface area contributed by atoms with Gasteiger partial charge in [-0.05, 0) is 77.0 Å². The molecule has 1 unspecified atom stereocenters. The van der Waals surface area contributed by atoms with Gasteiger partial charge in [0.2, 0.25) is 0 Å². The Morgan fingerprint density at radius 2 is 0.788 bits per heavy atom. The van der Waals surface area contributed by atoms with Gasteiger partial charge < -0.3 is 14.6 Å². The summed E-state index contributed by atoms with van der Waals surface area (Å²) in [5, 5.41) is 8.80. The van der Waals surface area contributed by atoms with Crippen LogP contribution in [0.2, 0.25) is 0 Å². The van der Waals surface area contributed by atoms with E-state index >= 15 is 0 Å². The van der Waals surface area contributed by atoms with Gasteiger partial charge in [0.1, 0.15) is 0 Å². The highest BCUT2D eigenvalue weighted by Gasteiger charge is 2.10. The predicted octanol–water partition coefficient (Wildman–Crippen LogP) is 16.1. The molecule has 0 spiro atoms. The highest BCUT2D eigenvalue weighted by atomic mass is 16.5. The number of rotatable bonds is 45. The van der Waals surface area contributed by atoms with E-state index in [4.69, 9.17) is 14.6 Å². The smallest absolute Gasteiger partial charge is 0.303 e. The molecule has 0 heterocycles. The summed E-state index contributed by atoms with van der Waals surface area (Å²) < 4.78 is 12.5. The van der Waals surface area contributed by atoms with Gasteiger partial charge in [0.05, 0.1) is 12.7 Å². The lowest BCUT2D eigenvalue weighted by molar-refractivity contribution is -0.137. The number of allylic oxidation sites excluding steroid dienone is 4. The van der Waals surface area contributed by atoms with Crippen LogP contribution in [0.25, 0.3) is 0 Å². The first-order valence-electron chi connectivity index (χ1n) is 23.4. The molecule has 1 atom stereocenters. The molecule has 4 nitrogen and oxygen atoms in total. The Labute approximate surface area is 326 Å². The van der Waals surface area contributed by atoms with Crippen LogP contribution in [0, 0.1) is 0 Å². The van der Waals surface area contributed by atoms with E-state index in [2.05, 4.69) is 38.2 Å². The molecule has 52 heavy (non-hydrogen) atoms. The van der Waals surface area contributed by atoms with Crippen LogP contribution in [0.5, 0.6) is 0 Å². The Kier molecular flexibility index (Phi) is 45.0. The summed E-state index contributed by atoms with van der Waals surface area (Å²) in [6.07, 6.45) is 56.6. The third-order valence-electron chi connectivity index (χ3n) is 10.5. The summed E-state index contributed by atoms with van der Waals surface area (Å²) in [6, 6.07) is 0. The number of carboxylic acid groups (broad SMARTS) is 1. The van der Waals surface area contributed by atoms with Gasteiger partial charge in [-0.15, -0.1) is 0 Å². The number of carboxylic acids is 1. The molecule has 0 radical (unpaired) electrons. The van der Waals surface area contributed by atoms with Crippen molar-refractivity contribution in [1.82, 2.24) is 0 Å². The van der Waals surface area contributed by atoms with Gasteiger partial charge in [-0.3, -0.25) is 4.79 Å². The third kappa shape index (κ3) is 45.0. The summed E-state index contributed by atoms with van der Waals surface area (Å²) in [7, 11) is 0. The molecule has 0 bridgehead atoms. The second-order valence-corrected chi connectivity index (χ2v) is 15.9. The first kappa shape index (κ1) is 50.9. The molecule has 0 aromatic rings. The van der Waals surface area contributed by atoms with E-state index in [0.717, 1.165) is 45.5 Å². The minimum atomic E-state index is -0.668. The zero-order chi connectivity index (χ0) is 37.7. The maximum Gasteiger partial charge on any atom is 0.303 e. The first-order valence-corrected chi connectivity index (χ1v) is 23.4. The number of unbranched alkanes of at least 4 members (excludes halogenated alkanes) is 30. The van der Waals surface area contributed by atoms with Crippen LogP contribution in [-0.2, 0) is 14.3 Å². The quantitative estimate of drug-likeness (QED) is 0.0500. The topological polar surface area (TPSA) is 55.8 Å². The van der Waals surface area contributed by atoms with Gasteiger partial charge in [0.15, 0.2) is 0 Å². The maximum absolute atomic E-state index is 10.7. The van der Waals surface area contributed by atoms with Crippen molar-refractivity contribution in [1.29, 1.82) is 0 Å². The molecule has 308 valence electrons. The minimum Gasteiger partial charge on any atom is -0.481 e. The molecular formula is C48H92O4. The molecule has 0 aliphatic heterocycles. The van der Waals surface area contributed by atoms with Crippen LogP contribution in [0.4, 0.5) is 0 Å². The Bertz CT molecular complexity index is 732. The molecule has 0 rings (SSSR count). The van der Waals surface area contributed by atoms with Crippen molar-refractivity contribution < 1.29 is 19.4 Å². The maximum atomic E-state index is 10.7. The average Bonchev–Trinajstić information content (AvgIpc) is 3.14. The lowest BCUT2D eigenvalue weighted by atomic mass is 10.1. The molecule has 0 aliphatic carbocycles. The number of hydrogen-bond donors (Lipinski definition) is 1. The Balaban J connectivity index is 3.94. The van der Waals surface area contributed by atoms with Gasteiger partial charge in [-0.2, -0.15) is 0 Å². The largest absolute Gasteiger partial charge is 0.481 e.